The number of benzene rings is 1. The molecule has 3 heteroatoms. The molecule has 13 heavy (non-hydrogen) atoms. The van der Waals surface area contributed by atoms with Gasteiger partial charge in [0.2, 0.25) is 0 Å². The summed E-state index contributed by atoms with van der Waals surface area (Å²) in [5.74, 6) is 0.591. The first-order valence-electron chi connectivity index (χ1n) is 4.53. The number of hydrogen-bond donors (Lipinski definition) is 2. The molecule has 2 rings (SSSR count). The van der Waals surface area contributed by atoms with Crippen molar-refractivity contribution in [1.82, 2.24) is 10.2 Å². The Balaban J connectivity index is 2.53. The first-order chi connectivity index (χ1) is 6.31. The maximum absolute atomic E-state index is 5.70. The predicted octanol–water partition coefficient (Wildman–Crippen LogP) is 2.10. The van der Waals surface area contributed by atoms with Crippen LogP contribution in [0.3, 0.4) is 0 Å². The first-order valence-corrected chi connectivity index (χ1v) is 4.53. The Hall–Kier alpha value is -1.51. The zero-order valence-electron chi connectivity index (χ0n) is 7.67. The Bertz CT molecular complexity index is 417. The van der Waals surface area contributed by atoms with Gasteiger partial charge in [-0.05, 0) is 24.1 Å². The van der Waals surface area contributed by atoms with Gasteiger partial charge in [0, 0.05) is 5.39 Å². The lowest BCUT2D eigenvalue weighted by Gasteiger charge is -1.97. The number of hydrogen-bond acceptors (Lipinski definition) is 2. The maximum Gasteiger partial charge on any atom is 0.153 e. The average Bonchev–Trinajstić information content (AvgIpc) is 2.49. The summed E-state index contributed by atoms with van der Waals surface area (Å²) in [5, 5.41) is 7.87. The minimum Gasteiger partial charge on any atom is -0.382 e. The van der Waals surface area contributed by atoms with Gasteiger partial charge in [-0.25, -0.2) is 0 Å². The van der Waals surface area contributed by atoms with Crippen LogP contribution in [0.1, 0.15) is 18.9 Å². The van der Waals surface area contributed by atoms with Crippen molar-refractivity contribution in [3.8, 4) is 0 Å². The molecule has 0 unspecified atom stereocenters. The van der Waals surface area contributed by atoms with Gasteiger partial charge < -0.3 is 5.73 Å². The molecule has 0 saturated heterocycles. The molecule has 1 aromatic carbocycles. The molecule has 0 aliphatic carbocycles. The van der Waals surface area contributed by atoms with Crippen LogP contribution in [-0.4, -0.2) is 10.2 Å². The Morgan fingerprint density at radius 2 is 2.31 bits per heavy atom. The van der Waals surface area contributed by atoms with Gasteiger partial charge in [0.25, 0.3) is 0 Å². The normalized spacial score (nSPS) is 10.8. The van der Waals surface area contributed by atoms with Gasteiger partial charge >= 0.3 is 0 Å². The summed E-state index contributed by atoms with van der Waals surface area (Å²) in [6, 6.07) is 6.25. The van der Waals surface area contributed by atoms with Crippen molar-refractivity contribution in [2.45, 2.75) is 19.8 Å². The van der Waals surface area contributed by atoms with Crippen molar-refractivity contribution in [3.63, 3.8) is 0 Å². The highest BCUT2D eigenvalue weighted by Gasteiger charge is 2.01. The Labute approximate surface area is 76.9 Å². The van der Waals surface area contributed by atoms with Gasteiger partial charge in [-0.1, -0.05) is 19.4 Å². The minimum atomic E-state index is 0.591. The molecular weight excluding hydrogens is 162 g/mol. The summed E-state index contributed by atoms with van der Waals surface area (Å²) >= 11 is 0. The largest absolute Gasteiger partial charge is 0.382 e. The fourth-order valence-corrected chi connectivity index (χ4v) is 1.53. The third-order valence-corrected chi connectivity index (χ3v) is 2.20. The van der Waals surface area contributed by atoms with Crippen LogP contribution in [0.2, 0.25) is 0 Å². The number of aromatic nitrogens is 2. The number of aromatic amines is 1. The van der Waals surface area contributed by atoms with Gasteiger partial charge in [0.1, 0.15) is 0 Å². The van der Waals surface area contributed by atoms with Crippen molar-refractivity contribution in [3.05, 3.63) is 23.8 Å². The van der Waals surface area contributed by atoms with Crippen LogP contribution in [0.15, 0.2) is 18.2 Å². The molecule has 1 heterocycles. The molecule has 0 bridgehead atoms. The summed E-state index contributed by atoms with van der Waals surface area (Å²) in [7, 11) is 0. The highest BCUT2D eigenvalue weighted by molar-refractivity contribution is 5.88. The van der Waals surface area contributed by atoms with Crippen LogP contribution in [0.25, 0.3) is 10.9 Å². The van der Waals surface area contributed by atoms with Crippen LogP contribution in [0.5, 0.6) is 0 Å². The number of H-pyrrole nitrogens is 1. The van der Waals surface area contributed by atoms with E-state index in [-0.39, 0.29) is 0 Å². The average molecular weight is 175 g/mol. The summed E-state index contributed by atoms with van der Waals surface area (Å²) in [5.41, 5.74) is 8.03. The molecule has 0 atom stereocenters. The molecule has 0 fully saturated rings. The summed E-state index contributed by atoms with van der Waals surface area (Å²) in [6.45, 7) is 2.17. The minimum absolute atomic E-state index is 0.591. The number of anilines is 1. The standard InChI is InChI=1S/C10H13N3/c1-2-3-7-4-5-9-8(6-7)10(11)13-12-9/h4-6H,2-3H2,1H3,(H3,11,12,13). The lowest BCUT2D eigenvalue weighted by Crippen LogP contribution is -1.85. The number of fused-ring (bicyclic) bond motifs is 1. The first kappa shape index (κ1) is 8.10. The number of nitrogens with one attached hydrogen (secondary N) is 1. The van der Waals surface area contributed by atoms with Crippen LogP contribution < -0.4 is 5.73 Å². The summed E-state index contributed by atoms with van der Waals surface area (Å²) in [6.07, 6.45) is 2.25. The van der Waals surface area contributed by atoms with Crippen molar-refractivity contribution >= 4 is 16.7 Å². The summed E-state index contributed by atoms with van der Waals surface area (Å²) < 4.78 is 0. The number of aryl methyl sites for hydroxylation is 1. The van der Waals surface area contributed by atoms with E-state index in [2.05, 4.69) is 29.3 Å². The van der Waals surface area contributed by atoms with Crippen molar-refractivity contribution in [1.29, 1.82) is 0 Å². The van der Waals surface area contributed by atoms with E-state index < -0.39 is 0 Å². The molecule has 0 saturated carbocycles. The third kappa shape index (κ3) is 1.37. The van der Waals surface area contributed by atoms with Gasteiger partial charge in [-0.3, -0.25) is 5.10 Å². The molecule has 1 aromatic heterocycles. The highest BCUT2D eigenvalue weighted by Crippen LogP contribution is 2.19. The zero-order valence-corrected chi connectivity index (χ0v) is 7.67. The van der Waals surface area contributed by atoms with E-state index in [4.69, 9.17) is 5.73 Å². The third-order valence-electron chi connectivity index (χ3n) is 2.20. The van der Waals surface area contributed by atoms with Crippen LogP contribution in [0.4, 0.5) is 5.82 Å². The van der Waals surface area contributed by atoms with E-state index >= 15 is 0 Å². The highest BCUT2D eigenvalue weighted by atomic mass is 15.1. The van der Waals surface area contributed by atoms with E-state index in [1.54, 1.807) is 0 Å². The van der Waals surface area contributed by atoms with E-state index in [1.165, 1.54) is 5.56 Å². The predicted molar refractivity (Wildman–Crippen MR) is 54.5 cm³/mol. The Morgan fingerprint density at radius 3 is 3.08 bits per heavy atom. The van der Waals surface area contributed by atoms with Gasteiger partial charge in [0.15, 0.2) is 5.82 Å². The number of nitrogens with zero attached hydrogens (tertiary/aromatic N) is 1. The van der Waals surface area contributed by atoms with Crippen molar-refractivity contribution in [2.75, 3.05) is 5.73 Å². The molecule has 0 amide bonds. The molecule has 0 radical (unpaired) electrons. The number of rotatable bonds is 2. The molecule has 0 aliphatic rings. The Morgan fingerprint density at radius 1 is 1.46 bits per heavy atom. The monoisotopic (exact) mass is 175 g/mol. The van der Waals surface area contributed by atoms with Crippen LogP contribution in [0, 0.1) is 0 Å². The quantitative estimate of drug-likeness (QED) is 0.734. The second-order valence-electron chi connectivity index (χ2n) is 3.24. The molecule has 3 nitrogen and oxygen atoms in total. The number of nitrogen functional groups attached to an aromatic ring is 1. The van der Waals surface area contributed by atoms with Crippen molar-refractivity contribution in [2.24, 2.45) is 0 Å². The fourth-order valence-electron chi connectivity index (χ4n) is 1.53. The van der Waals surface area contributed by atoms with Crippen LogP contribution >= 0.6 is 0 Å². The second-order valence-corrected chi connectivity index (χ2v) is 3.24. The van der Waals surface area contributed by atoms with Gasteiger partial charge in [0.05, 0.1) is 5.52 Å². The Kier molecular flexibility index (Phi) is 1.93. The molecule has 3 N–H and O–H groups in total. The lowest BCUT2D eigenvalue weighted by atomic mass is 10.1. The van der Waals surface area contributed by atoms with E-state index in [0.29, 0.717) is 5.82 Å². The van der Waals surface area contributed by atoms with Crippen LogP contribution in [-0.2, 0) is 6.42 Å². The molecule has 2 aromatic rings. The van der Waals surface area contributed by atoms with Crippen molar-refractivity contribution < 1.29 is 0 Å². The molecule has 0 spiro atoms. The number of nitrogens with two attached hydrogens (primary N) is 1. The van der Waals surface area contributed by atoms with E-state index in [1.807, 2.05) is 6.07 Å². The maximum atomic E-state index is 5.70. The molecule has 68 valence electrons. The second kappa shape index (κ2) is 3.09. The topological polar surface area (TPSA) is 54.7 Å². The zero-order chi connectivity index (χ0) is 9.26. The van der Waals surface area contributed by atoms with Gasteiger partial charge in [-0.2, -0.15) is 5.10 Å². The van der Waals surface area contributed by atoms with E-state index in [0.717, 1.165) is 23.7 Å². The molecule has 0 aliphatic heterocycles. The van der Waals surface area contributed by atoms with E-state index in [9.17, 15) is 0 Å². The lowest BCUT2D eigenvalue weighted by molar-refractivity contribution is 0.924. The molecular formula is C10H13N3. The smallest absolute Gasteiger partial charge is 0.153 e. The van der Waals surface area contributed by atoms with Gasteiger partial charge in [-0.15, -0.1) is 0 Å². The summed E-state index contributed by atoms with van der Waals surface area (Å²) in [4.78, 5) is 0. The SMILES string of the molecule is CCCc1ccc2[nH]nc(N)c2c1. The fraction of sp³-hybridized carbons (Fsp3) is 0.300.